The SMILES string of the molecule is Cc1ccc(Sc2ccc([C@H](C)O)nc2)cc1C. The first-order chi connectivity index (χ1) is 8.56. The molecule has 2 nitrogen and oxygen atoms in total. The molecule has 94 valence electrons. The van der Waals surface area contributed by atoms with E-state index >= 15 is 0 Å². The van der Waals surface area contributed by atoms with Crippen LogP contribution in [0, 0.1) is 13.8 Å². The number of rotatable bonds is 3. The molecule has 3 heteroatoms. The Labute approximate surface area is 112 Å². The summed E-state index contributed by atoms with van der Waals surface area (Å²) >= 11 is 1.69. The maximum absolute atomic E-state index is 9.40. The van der Waals surface area contributed by atoms with Crippen molar-refractivity contribution in [2.24, 2.45) is 0 Å². The highest BCUT2D eigenvalue weighted by Crippen LogP contribution is 2.28. The van der Waals surface area contributed by atoms with Crippen molar-refractivity contribution < 1.29 is 5.11 Å². The highest BCUT2D eigenvalue weighted by molar-refractivity contribution is 7.99. The van der Waals surface area contributed by atoms with Gasteiger partial charge in [-0.2, -0.15) is 0 Å². The normalized spacial score (nSPS) is 12.4. The minimum absolute atomic E-state index is 0.509. The standard InChI is InChI=1S/C15H17NOS/c1-10-4-5-13(8-11(10)2)18-14-6-7-15(12(3)17)16-9-14/h4-9,12,17H,1-3H3/t12-/m0/s1. The van der Waals surface area contributed by atoms with Gasteiger partial charge in [0, 0.05) is 16.0 Å². The molecule has 2 aromatic rings. The van der Waals surface area contributed by atoms with E-state index in [1.807, 2.05) is 18.3 Å². The van der Waals surface area contributed by atoms with E-state index < -0.39 is 6.10 Å². The monoisotopic (exact) mass is 259 g/mol. The van der Waals surface area contributed by atoms with Crippen LogP contribution in [0.1, 0.15) is 29.8 Å². The number of benzene rings is 1. The lowest BCUT2D eigenvalue weighted by Crippen LogP contribution is -1.94. The minimum Gasteiger partial charge on any atom is -0.387 e. The third-order valence-electron chi connectivity index (χ3n) is 2.90. The van der Waals surface area contributed by atoms with E-state index in [0.717, 1.165) is 4.90 Å². The maximum Gasteiger partial charge on any atom is 0.0931 e. The molecule has 0 saturated carbocycles. The fourth-order valence-corrected chi connectivity index (χ4v) is 2.50. The lowest BCUT2D eigenvalue weighted by Gasteiger charge is -2.07. The number of hydrogen-bond donors (Lipinski definition) is 1. The molecule has 0 amide bonds. The van der Waals surface area contributed by atoms with Gasteiger partial charge in [0.25, 0.3) is 0 Å². The summed E-state index contributed by atoms with van der Waals surface area (Å²) in [5.74, 6) is 0. The van der Waals surface area contributed by atoms with E-state index in [1.165, 1.54) is 16.0 Å². The van der Waals surface area contributed by atoms with Crippen LogP contribution in [-0.2, 0) is 0 Å². The van der Waals surface area contributed by atoms with Crippen molar-refractivity contribution in [2.75, 3.05) is 0 Å². The molecule has 0 bridgehead atoms. The second kappa shape index (κ2) is 5.55. The average molecular weight is 259 g/mol. The van der Waals surface area contributed by atoms with Crippen LogP contribution in [-0.4, -0.2) is 10.1 Å². The van der Waals surface area contributed by atoms with E-state index in [-0.39, 0.29) is 0 Å². The van der Waals surface area contributed by atoms with Gasteiger partial charge >= 0.3 is 0 Å². The molecular weight excluding hydrogens is 242 g/mol. The highest BCUT2D eigenvalue weighted by atomic mass is 32.2. The van der Waals surface area contributed by atoms with Gasteiger partial charge in [0.1, 0.15) is 0 Å². The van der Waals surface area contributed by atoms with Gasteiger partial charge < -0.3 is 5.11 Å². The van der Waals surface area contributed by atoms with E-state index in [9.17, 15) is 5.11 Å². The smallest absolute Gasteiger partial charge is 0.0931 e. The predicted octanol–water partition coefficient (Wildman–Crippen LogP) is 3.90. The van der Waals surface area contributed by atoms with Crippen molar-refractivity contribution >= 4 is 11.8 Å². The largest absolute Gasteiger partial charge is 0.387 e. The van der Waals surface area contributed by atoms with Crippen molar-refractivity contribution in [3.05, 3.63) is 53.3 Å². The molecule has 0 fully saturated rings. The number of hydrogen-bond acceptors (Lipinski definition) is 3. The van der Waals surface area contributed by atoms with Crippen LogP contribution < -0.4 is 0 Å². The van der Waals surface area contributed by atoms with Crippen molar-refractivity contribution in [2.45, 2.75) is 36.7 Å². The van der Waals surface area contributed by atoms with E-state index in [4.69, 9.17) is 0 Å². The Morgan fingerprint density at radius 3 is 2.33 bits per heavy atom. The predicted molar refractivity (Wildman–Crippen MR) is 74.9 cm³/mol. The Hall–Kier alpha value is -1.32. The zero-order valence-corrected chi connectivity index (χ0v) is 11.7. The van der Waals surface area contributed by atoms with Gasteiger partial charge in [-0.1, -0.05) is 17.8 Å². The van der Waals surface area contributed by atoms with Gasteiger partial charge in [0.15, 0.2) is 0 Å². The third kappa shape index (κ3) is 3.12. The van der Waals surface area contributed by atoms with Gasteiger partial charge in [-0.3, -0.25) is 4.98 Å². The number of aromatic nitrogens is 1. The summed E-state index contributed by atoms with van der Waals surface area (Å²) in [7, 11) is 0. The molecule has 1 N–H and O–H groups in total. The molecule has 1 aromatic heterocycles. The summed E-state index contributed by atoms with van der Waals surface area (Å²) in [5.41, 5.74) is 3.31. The van der Waals surface area contributed by atoms with Crippen molar-refractivity contribution in [3.8, 4) is 0 Å². The second-order valence-electron chi connectivity index (χ2n) is 4.44. The molecule has 0 saturated heterocycles. The zero-order chi connectivity index (χ0) is 13.1. The number of aliphatic hydroxyl groups excluding tert-OH is 1. The van der Waals surface area contributed by atoms with Crippen LogP contribution in [0.3, 0.4) is 0 Å². The average Bonchev–Trinajstić information content (AvgIpc) is 2.34. The van der Waals surface area contributed by atoms with Crippen LogP contribution >= 0.6 is 11.8 Å². The Morgan fingerprint density at radius 2 is 1.78 bits per heavy atom. The van der Waals surface area contributed by atoms with Crippen LogP contribution in [0.15, 0.2) is 46.3 Å². The number of pyridine rings is 1. The van der Waals surface area contributed by atoms with Gasteiger partial charge in [-0.05, 0) is 56.2 Å². The molecule has 1 atom stereocenters. The lowest BCUT2D eigenvalue weighted by atomic mass is 10.1. The number of nitrogens with zero attached hydrogens (tertiary/aromatic N) is 1. The summed E-state index contributed by atoms with van der Waals surface area (Å²) in [6, 6.07) is 10.3. The van der Waals surface area contributed by atoms with E-state index in [1.54, 1.807) is 18.7 Å². The molecule has 1 heterocycles. The van der Waals surface area contributed by atoms with Crippen LogP contribution in [0.5, 0.6) is 0 Å². The number of aryl methyl sites for hydroxylation is 2. The lowest BCUT2D eigenvalue weighted by molar-refractivity contribution is 0.194. The Kier molecular flexibility index (Phi) is 4.04. The molecule has 0 aliphatic heterocycles. The first-order valence-electron chi connectivity index (χ1n) is 5.95. The quantitative estimate of drug-likeness (QED) is 0.907. The van der Waals surface area contributed by atoms with Crippen molar-refractivity contribution in [1.82, 2.24) is 4.98 Å². The summed E-state index contributed by atoms with van der Waals surface area (Å²) in [4.78, 5) is 6.54. The molecule has 0 aliphatic carbocycles. The summed E-state index contributed by atoms with van der Waals surface area (Å²) in [6.45, 7) is 5.95. The Bertz CT molecular complexity index is 535. The van der Waals surface area contributed by atoms with Gasteiger partial charge in [-0.25, -0.2) is 0 Å². The topological polar surface area (TPSA) is 33.1 Å². The summed E-state index contributed by atoms with van der Waals surface area (Å²) in [6.07, 6.45) is 1.30. The molecule has 1 aromatic carbocycles. The van der Waals surface area contributed by atoms with E-state index in [2.05, 4.69) is 37.0 Å². The molecule has 0 aliphatic rings. The fourth-order valence-electron chi connectivity index (χ4n) is 1.61. The van der Waals surface area contributed by atoms with Crippen LogP contribution in [0.4, 0.5) is 0 Å². The van der Waals surface area contributed by atoms with Crippen molar-refractivity contribution in [1.29, 1.82) is 0 Å². The van der Waals surface area contributed by atoms with Crippen molar-refractivity contribution in [3.63, 3.8) is 0 Å². The van der Waals surface area contributed by atoms with Gasteiger partial charge in [0.05, 0.1) is 11.8 Å². The highest BCUT2D eigenvalue weighted by Gasteiger charge is 2.03. The summed E-state index contributed by atoms with van der Waals surface area (Å²) in [5, 5.41) is 9.40. The van der Waals surface area contributed by atoms with E-state index in [0.29, 0.717) is 5.69 Å². The molecule has 0 unspecified atom stereocenters. The summed E-state index contributed by atoms with van der Waals surface area (Å²) < 4.78 is 0. The van der Waals surface area contributed by atoms with Gasteiger partial charge in [-0.15, -0.1) is 0 Å². The molecule has 0 spiro atoms. The third-order valence-corrected chi connectivity index (χ3v) is 3.87. The molecule has 18 heavy (non-hydrogen) atoms. The number of aliphatic hydroxyl groups is 1. The molecule has 2 rings (SSSR count). The first-order valence-corrected chi connectivity index (χ1v) is 6.77. The molecule has 0 radical (unpaired) electrons. The minimum atomic E-state index is -0.509. The maximum atomic E-state index is 9.40. The Morgan fingerprint density at radius 1 is 1.06 bits per heavy atom. The zero-order valence-electron chi connectivity index (χ0n) is 10.8. The van der Waals surface area contributed by atoms with Gasteiger partial charge in [0.2, 0.25) is 0 Å². The van der Waals surface area contributed by atoms with Crippen LogP contribution in [0.25, 0.3) is 0 Å². The Balaban J connectivity index is 2.15. The second-order valence-corrected chi connectivity index (χ2v) is 5.59. The first kappa shape index (κ1) is 13.1. The fraction of sp³-hybridized carbons (Fsp3) is 0.267. The molecular formula is C15H17NOS. The van der Waals surface area contributed by atoms with Crippen LogP contribution in [0.2, 0.25) is 0 Å².